The number of nitrogens with one attached hydrogen (secondary N) is 1. The first-order valence-corrected chi connectivity index (χ1v) is 5.79. The molecule has 0 saturated carbocycles. The summed E-state index contributed by atoms with van der Waals surface area (Å²) >= 11 is 0. The van der Waals surface area contributed by atoms with Gasteiger partial charge in [-0.15, -0.1) is 6.58 Å². The van der Waals surface area contributed by atoms with Gasteiger partial charge in [-0.1, -0.05) is 12.5 Å². The molecule has 0 radical (unpaired) electrons. The summed E-state index contributed by atoms with van der Waals surface area (Å²) in [5.74, 6) is 0. The number of halogens is 2. The summed E-state index contributed by atoms with van der Waals surface area (Å²) in [5.41, 5.74) is 1.15. The maximum atomic E-state index is 11.8. The molecule has 0 aliphatic heterocycles. The van der Waals surface area contributed by atoms with Crippen LogP contribution >= 0.6 is 0 Å². The zero-order valence-corrected chi connectivity index (χ0v) is 10.3. The van der Waals surface area contributed by atoms with Gasteiger partial charge in [0, 0.05) is 12.6 Å². The van der Waals surface area contributed by atoms with E-state index in [4.69, 9.17) is 4.74 Å². The number of hydrogen-bond donors (Lipinski definition) is 1. The molecule has 1 atom stereocenters. The van der Waals surface area contributed by atoms with Crippen LogP contribution in [0, 0.1) is 0 Å². The van der Waals surface area contributed by atoms with Gasteiger partial charge in [0.25, 0.3) is 6.43 Å². The Hall–Kier alpha value is -0.480. The van der Waals surface area contributed by atoms with E-state index in [0.717, 1.165) is 31.4 Å². The van der Waals surface area contributed by atoms with Gasteiger partial charge in [-0.25, -0.2) is 8.78 Å². The van der Waals surface area contributed by atoms with Gasteiger partial charge < -0.3 is 10.1 Å². The molecule has 1 unspecified atom stereocenters. The van der Waals surface area contributed by atoms with Crippen LogP contribution in [0.5, 0.6) is 0 Å². The monoisotopic (exact) mass is 235 g/mol. The Labute approximate surface area is 97.1 Å². The van der Waals surface area contributed by atoms with Crippen molar-refractivity contribution in [2.24, 2.45) is 0 Å². The van der Waals surface area contributed by atoms with E-state index >= 15 is 0 Å². The van der Waals surface area contributed by atoms with Crippen LogP contribution in [-0.2, 0) is 4.74 Å². The van der Waals surface area contributed by atoms with E-state index in [1.165, 1.54) is 0 Å². The Kier molecular flexibility index (Phi) is 9.43. The number of alkyl halides is 2. The van der Waals surface area contributed by atoms with E-state index in [0.29, 0.717) is 12.6 Å². The van der Waals surface area contributed by atoms with Crippen molar-refractivity contribution < 1.29 is 13.5 Å². The number of ether oxygens (including phenoxy) is 1. The maximum absolute atomic E-state index is 11.8. The van der Waals surface area contributed by atoms with Crippen molar-refractivity contribution in [1.82, 2.24) is 5.32 Å². The van der Waals surface area contributed by atoms with E-state index in [1.54, 1.807) is 0 Å². The lowest BCUT2D eigenvalue weighted by atomic mass is 10.1. The van der Waals surface area contributed by atoms with Gasteiger partial charge in [-0.3, -0.25) is 0 Å². The lowest BCUT2D eigenvalue weighted by Crippen LogP contribution is -2.30. The molecule has 0 saturated heterocycles. The minimum atomic E-state index is -2.37. The minimum Gasteiger partial charge on any atom is -0.375 e. The lowest BCUT2D eigenvalue weighted by molar-refractivity contribution is 0.0142. The van der Waals surface area contributed by atoms with E-state index in [1.807, 2.05) is 13.8 Å². The van der Waals surface area contributed by atoms with Crippen molar-refractivity contribution in [3.63, 3.8) is 0 Å². The number of allylic oxidation sites excluding steroid dienone is 1. The van der Waals surface area contributed by atoms with Crippen LogP contribution in [0.2, 0.25) is 0 Å². The van der Waals surface area contributed by atoms with E-state index in [9.17, 15) is 8.78 Å². The third-order valence-corrected chi connectivity index (χ3v) is 2.27. The van der Waals surface area contributed by atoms with E-state index in [2.05, 4.69) is 11.9 Å². The molecule has 0 aromatic carbocycles. The molecule has 96 valence electrons. The second-order valence-corrected chi connectivity index (χ2v) is 4.01. The molecule has 0 amide bonds. The largest absolute Gasteiger partial charge is 0.375 e. The summed E-state index contributed by atoms with van der Waals surface area (Å²) in [4.78, 5) is 0. The van der Waals surface area contributed by atoms with Gasteiger partial charge in [-0.2, -0.15) is 0 Å². The molecule has 0 aromatic rings. The second kappa shape index (κ2) is 9.73. The molecule has 0 heterocycles. The highest BCUT2D eigenvalue weighted by Crippen LogP contribution is 2.08. The Balaban J connectivity index is 3.63. The fourth-order valence-electron chi connectivity index (χ4n) is 1.46. The van der Waals surface area contributed by atoms with Gasteiger partial charge in [0.05, 0.1) is 0 Å². The van der Waals surface area contributed by atoms with Crippen LogP contribution < -0.4 is 5.32 Å². The first-order chi connectivity index (χ1) is 7.56. The zero-order chi connectivity index (χ0) is 12.4. The fourth-order valence-corrected chi connectivity index (χ4v) is 1.46. The lowest BCUT2D eigenvalue weighted by Gasteiger charge is -2.17. The van der Waals surface area contributed by atoms with Crippen molar-refractivity contribution >= 4 is 0 Å². The predicted octanol–water partition coefficient (Wildman–Crippen LogP) is 2.99. The first-order valence-electron chi connectivity index (χ1n) is 5.79. The van der Waals surface area contributed by atoms with Crippen LogP contribution in [-0.4, -0.2) is 32.2 Å². The fraction of sp³-hybridized carbons (Fsp3) is 0.833. The smallest absolute Gasteiger partial charge is 0.261 e. The summed E-state index contributed by atoms with van der Waals surface area (Å²) in [6.45, 7) is 8.69. The molecule has 0 fully saturated rings. The highest BCUT2D eigenvalue weighted by Gasteiger charge is 2.08. The number of rotatable bonds is 10. The van der Waals surface area contributed by atoms with Crippen LogP contribution in [0.1, 0.15) is 33.1 Å². The highest BCUT2D eigenvalue weighted by molar-refractivity contribution is 4.89. The van der Waals surface area contributed by atoms with Crippen molar-refractivity contribution in [2.45, 2.75) is 45.6 Å². The van der Waals surface area contributed by atoms with Gasteiger partial charge in [0.1, 0.15) is 6.61 Å². The normalized spacial score (nSPS) is 13.1. The SMILES string of the molecule is C=C(C)CCC(CCOCC(F)F)NCC. The molecule has 0 aliphatic carbocycles. The maximum Gasteiger partial charge on any atom is 0.261 e. The molecule has 0 bridgehead atoms. The van der Waals surface area contributed by atoms with Crippen molar-refractivity contribution in [3.05, 3.63) is 12.2 Å². The first kappa shape index (κ1) is 15.5. The van der Waals surface area contributed by atoms with Crippen LogP contribution in [0.4, 0.5) is 8.78 Å². The average molecular weight is 235 g/mol. The molecule has 0 aromatic heterocycles. The molecule has 0 rings (SSSR count). The van der Waals surface area contributed by atoms with Gasteiger partial charge in [0.2, 0.25) is 0 Å². The van der Waals surface area contributed by atoms with Crippen molar-refractivity contribution in [3.8, 4) is 0 Å². The Morgan fingerprint density at radius 1 is 1.38 bits per heavy atom. The molecule has 4 heteroatoms. The van der Waals surface area contributed by atoms with Gasteiger partial charge in [-0.05, 0) is 32.7 Å². The Bertz CT molecular complexity index is 186. The molecule has 1 N–H and O–H groups in total. The Morgan fingerprint density at radius 3 is 2.56 bits per heavy atom. The topological polar surface area (TPSA) is 21.3 Å². The van der Waals surface area contributed by atoms with Gasteiger partial charge in [0.15, 0.2) is 0 Å². The average Bonchev–Trinajstić information content (AvgIpc) is 2.20. The van der Waals surface area contributed by atoms with Crippen LogP contribution in [0.3, 0.4) is 0 Å². The van der Waals surface area contributed by atoms with E-state index < -0.39 is 13.0 Å². The van der Waals surface area contributed by atoms with Gasteiger partial charge >= 0.3 is 0 Å². The quantitative estimate of drug-likeness (QED) is 0.464. The molecule has 16 heavy (non-hydrogen) atoms. The van der Waals surface area contributed by atoms with Crippen molar-refractivity contribution in [1.29, 1.82) is 0 Å². The standard InChI is InChI=1S/C12H23F2NO/c1-4-15-11(6-5-10(2)3)7-8-16-9-12(13)14/h11-12,15H,2,4-9H2,1,3H3. The summed E-state index contributed by atoms with van der Waals surface area (Å²) in [7, 11) is 0. The molecule has 0 spiro atoms. The Morgan fingerprint density at radius 2 is 2.06 bits per heavy atom. The highest BCUT2D eigenvalue weighted by atomic mass is 19.3. The molecule has 0 aliphatic rings. The predicted molar refractivity (Wildman–Crippen MR) is 63.0 cm³/mol. The summed E-state index contributed by atoms with van der Waals surface area (Å²) in [6, 6.07) is 0.333. The van der Waals surface area contributed by atoms with Crippen LogP contribution in [0.25, 0.3) is 0 Å². The minimum absolute atomic E-state index is 0.333. The third-order valence-electron chi connectivity index (χ3n) is 2.27. The third kappa shape index (κ3) is 10.1. The van der Waals surface area contributed by atoms with Crippen LogP contribution in [0.15, 0.2) is 12.2 Å². The second-order valence-electron chi connectivity index (χ2n) is 4.01. The molecular formula is C12H23F2NO. The molecule has 2 nitrogen and oxygen atoms in total. The summed E-state index contributed by atoms with van der Waals surface area (Å²) in [6.07, 6.45) is 0.356. The summed E-state index contributed by atoms with van der Waals surface area (Å²) in [5, 5.41) is 3.32. The molecular weight excluding hydrogens is 212 g/mol. The van der Waals surface area contributed by atoms with E-state index in [-0.39, 0.29) is 0 Å². The summed E-state index contributed by atoms with van der Waals surface area (Å²) < 4.78 is 28.5. The zero-order valence-electron chi connectivity index (χ0n) is 10.3. The number of hydrogen-bond acceptors (Lipinski definition) is 2. The van der Waals surface area contributed by atoms with Crippen molar-refractivity contribution in [2.75, 3.05) is 19.8 Å².